The smallest absolute Gasteiger partial charge is 0.255 e. The number of hydrogen-bond donors (Lipinski definition) is 2. The van der Waals surface area contributed by atoms with Crippen molar-refractivity contribution in [3.63, 3.8) is 0 Å². The topological polar surface area (TPSA) is 74.8 Å². The minimum Gasteiger partial charge on any atom is -0.352 e. The Kier molecular flexibility index (Phi) is 2.79. The van der Waals surface area contributed by atoms with Crippen LogP contribution in [0.15, 0.2) is 11.0 Å². The van der Waals surface area contributed by atoms with E-state index < -0.39 is 0 Å². The quantitative estimate of drug-likeness (QED) is 0.658. The standard InChI is InChI=1S/C8H11N3O2/c1-5-9-3-7(8(13)11-5)4-10-6(2)12/h3H,4H2,1-2H3,(H,10,12)(H,9,11,13). The first-order chi connectivity index (χ1) is 6.09. The number of aromatic amines is 1. The van der Waals surface area contributed by atoms with Gasteiger partial charge in [-0.15, -0.1) is 0 Å². The van der Waals surface area contributed by atoms with E-state index in [4.69, 9.17) is 0 Å². The van der Waals surface area contributed by atoms with Crippen LogP contribution in [0.1, 0.15) is 18.3 Å². The van der Waals surface area contributed by atoms with Crippen molar-refractivity contribution in [2.24, 2.45) is 0 Å². The zero-order valence-corrected chi connectivity index (χ0v) is 7.55. The van der Waals surface area contributed by atoms with Gasteiger partial charge in [0.15, 0.2) is 0 Å². The molecule has 0 unspecified atom stereocenters. The lowest BCUT2D eigenvalue weighted by Gasteiger charge is -2.00. The molecule has 1 rings (SSSR count). The third-order valence-electron chi connectivity index (χ3n) is 1.53. The van der Waals surface area contributed by atoms with E-state index in [0.29, 0.717) is 11.4 Å². The highest BCUT2D eigenvalue weighted by atomic mass is 16.1. The van der Waals surface area contributed by atoms with Gasteiger partial charge in [0.05, 0.1) is 5.56 Å². The van der Waals surface area contributed by atoms with Gasteiger partial charge in [-0.1, -0.05) is 0 Å². The van der Waals surface area contributed by atoms with Crippen molar-refractivity contribution in [1.82, 2.24) is 15.3 Å². The molecule has 0 bridgehead atoms. The van der Waals surface area contributed by atoms with E-state index in [0.717, 1.165) is 0 Å². The molecular weight excluding hydrogens is 170 g/mol. The summed E-state index contributed by atoms with van der Waals surface area (Å²) in [6, 6.07) is 0. The van der Waals surface area contributed by atoms with Gasteiger partial charge in [0, 0.05) is 19.7 Å². The Bertz CT molecular complexity index is 370. The van der Waals surface area contributed by atoms with Gasteiger partial charge in [0.2, 0.25) is 5.91 Å². The Morgan fingerprint density at radius 1 is 1.69 bits per heavy atom. The molecule has 0 aliphatic rings. The molecule has 1 amide bonds. The van der Waals surface area contributed by atoms with E-state index in [1.165, 1.54) is 13.1 Å². The average molecular weight is 181 g/mol. The molecular formula is C8H11N3O2. The molecule has 1 heterocycles. The summed E-state index contributed by atoms with van der Waals surface area (Å²) in [4.78, 5) is 28.2. The normalized spacial score (nSPS) is 9.69. The molecule has 0 fully saturated rings. The molecule has 0 radical (unpaired) electrons. The summed E-state index contributed by atoms with van der Waals surface area (Å²) in [5.41, 5.74) is 0.252. The zero-order chi connectivity index (χ0) is 9.84. The largest absolute Gasteiger partial charge is 0.352 e. The molecule has 0 aromatic carbocycles. The fraction of sp³-hybridized carbons (Fsp3) is 0.375. The summed E-state index contributed by atoms with van der Waals surface area (Å²) >= 11 is 0. The van der Waals surface area contributed by atoms with E-state index in [1.807, 2.05) is 0 Å². The maximum atomic E-state index is 11.2. The molecule has 5 heteroatoms. The van der Waals surface area contributed by atoms with Crippen LogP contribution in [0.4, 0.5) is 0 Å². The number of nitrogens with one attached hydrogen (secondary N) is 2. The van der Waals surface area contributed by atoms with Crippen molar-refractivity contribution in [3.8, 4) is 0 Å². The minimum absolute atomic E-state index is 0.167. The minimum atomic E-state index is -0.207. The molecule has 0 aliphatic carbocycles. The summed E-state index contributed by atoms with van der Waals surface area (Å²) in [5.74, 6) is 0.400. The van der Waals surface area contributed by atoms with E-state index in [-0.39, 0.29) is 18.0 Å². The molecule has 0 saturated heterocycles. The number of amides is 1. The summed E-state index contributed by atoms with van der Waals surface area (Å²) < 4.78 is 0. The fourth-order valence-electron chi connectivity index (χ4n) is 0.856. The predicted molar refractivity (Wildman–Crippen MR) is 47.1 cm³/mol. The van der Waals surface area contributed by atoms with Gasteiger partial charge in [-0.05, 0) is 6.92 Å². The lowest BCUT2D eigenvalue weighted by Crippen LogP contribution is -2.25. The van der Waals surface area contributed by atoms with Crippen LogP contribution < -0.4 is 10.9 Å². The SMILES string of the molecule is CC(=O)NCc1cnc(C)[nH]c1=O. The van der Waals surface area contributed by atoms with E-state index in [9.17, 15) is 9.59 Å². The molecule has 0 aliphatic heterocycles. The number of aromatic nitrogens is 2. The number of aryl methyl sites for hydroxylation is 1. The Hall–Kier alpha value is -1.65. The Morgan fingerprint density at radius 3 is 2.92 bits per heavy atom. The summed E-state index contributed by atoms with van der Waals surface area (Å²) in [6.07, 6.45) is 1.46. The molecule has 2 N–H and O–H groups in total. The van der Waals surface area contributed by atoms with Crippen molar-refractivity contribution in [3.05, 3.63) is 27.9 Å². The monoisotopic (exact) mass is 181 g/mol. The predicted octanol–water partition coefficient (Wildman–Crippen LogP) is -0.286. The molecule has 1 aromatic rings. The maximum absolute atomic E-state index is 11.2. The molecule has 1 aromatic heterocycles. The highest BCUT2D eigenvalue weighted by Gasteiger charge is 2.00. The number of nitrogens with zero attached hydrogens (tertiary/aromatic N) is 1. The van der Waals surface area contributed by atoms with E-state index in [2.05, 4.69) is 15.3 Å². The van der Waals surface area contributed by atoms with Crippen molar-refractivity contribution in [2.75, 3.05) is 0 Å². The number of carbonyl (C=O) groups is 1. The first-order valence-corrected chi connectivity index (χ1v) is 3.89. The highest BCUT2D eigenvalue weighted by molar-refractivity contribution is 5.72. The molecule has 0 atom stereocenters. The van der Waals surface area contributed by atoms with Crippen molar-refractivity contribution in [2.45, 2.75) is 20.4 Å². The van der Waals surface area contributed by atoms with Crippen LogP contribution in [0.25, 0.3) is 0 Å². The second-order valence-corrected chi connectivity index (χ2v) is 2.73. The van der Waals surface area contributed by atoms with Crippen LogP contribution >= 0.6 is 0 Å². The lowest BCUT2D eigenvalue weighted by atomic mass is 10.3. The summed E-state index contributed by atoms with van der Waals surface area (Å²) in [5, 5.41) is 2.52. The van der Waals surface area contributed by atoms with Gasteiger partial charge in [-0.3, -0.25) is 9.59 Å². The van der Waals surface area contributed by atoms with Crippen LogP contribution in [0.3, 0.4) is 0 Å². The third kappa shape index (κ3) is 2.70. The summed E-state index contributed by atoms with van der Waals surface area (Å²) in [6.45, 7) is 3.32. The van der Waals surface area contributed by atoms with Crippen LogP contribution in [0.5, 0.6) is 0 Å². The highest BCUT2D eigenvalue weighted by Crippen LogP contribution is 1.87. The Balaban J connectivity index is 2.78. The van der Waals surface area contributed by atoms with Crippen LogP contribution in [0.2, 0.25) is 0 Å². The van der Waals surface area contributed by atoms with Gasteiger partial charge < -0.3 is 10.3 Å². The van der Waals surface area contributed by atoms with Gasteiger partial charge in [0.1, 0.15) is 5.82 Å². The number of H-pyrrole nitrogens is 1. The van der Waals surface area contributed by atoms with Crippen LogP contribution in [-0.2, 0) is 11.3 Å². The maximum Gasteiger partial charge on any atom is 0.255 e. The van der Waals surface area contributed by atoms with E-state index >= 15 is 0 Å². The Morgan fingerprint density at radius 2 is 2.38 bits per heavy atom. The van der Waals surface area contributed by atoms with E-state index in [1.54, 1.807) is 6.92 Å². The van der Waals surface area contributed by atoms with Crippen LogP contribution in [-0.4, -0.2) is 15.9 Å². The molecule has 70 valence electrons. The van der Waals surface area contributed by atoms with Gasteiger partial charge >= 0.3 is 0 Å². The van der Waals surface area contributed by atoms with Gasteiger partial charge in [-0.25, -0.2) is 4.98 Å². The number of hydrogen-bond acceptors (Lipinski definition) is 3. The second-order valence-electron chi connectivity index (χ2n) is 2.73. The second kappa shape index (κ2) is 3.84. The van der Waals surface area contributed by atoms with Gasteiger partial charge in [-0.2, -0.15) is 0 Å². The van der Waals surface area contributed by atoms with Crippen molar-refractivity contribution < 1.29 is 4.79 Å². The Labute approximate surface area is 75.2 Å². The first kappa shape index (κ1) is 9.44. The number of carbonyl (C=O) groups excluding carboxylic acids is 1. The van der Waals surface area contributed by atoms with Crippen LogP contribution in [0, 0.1) is 6.92 Å². The zero-order valence-electron chi connectivity index (χ0n) is 7.55. The fourth-order valence-corrected chi connectivity index (χ4v) is 0.856. The molecule has 0 spiro atoms. The van der Waals surface area contributed by atoms with Crippen molar-refractivity contribution >= 4 is 5.91 Å². The number of rotatable bonds is 2. The summed E-state index contributed by atoms with van der Waals surface area (Å²) in [7, 11) is 0. The molecule has 5 nitrogen and oxygen atoms in total. The third-order valence-corrected chi connectivity index (χ3v) is 1.53. The molecule has 13 heavy (non-hydrogen) atoms. The first-order valence-electron chi connectivity index (χ1n) is 3.89. The molecule has 0 saturated carbocycles. The van der Waals surface area contributed by atoms with Crippen molar-refractivity contribution in [1.29, 1.82) is 0 Å². The van der Waals surface area contributed by atoms with Gasteiger partial charge in [0.25, 0.3) is 5.56 Å². The average Bonchev–Trinajstić information content (AvgIpc) is 2.02. The lowest BCUT2D eigenvalue weighted by molar-refractivity contribution is -0.119.